The van der Waals surface area contributed by atoms with E-state index in [0.29, 0.717) is 11.3 Å². The van der Waals surface area contributed by atoms with Crippen LogP contribution in [-0.2, 0) is 10.0 Å². The van der Waals surface area contributed by atoms with Crippen LogP contribution in [0, 0.1) is 12.7 Å². The van der Waals surface area contributed by atoms with Crippen molar-refractivity contribution in [3.8, 4) is 0 Å². The van der Waals surface area contributed by atoms with Gasteiger partial charge in [0.2, 0.25) is 0 Å². The van der Waals surface area contributed by atoms with Crippen LogP contribution in [0.2, 0.25) is 5.02 Å². The highest BCUT2D eigenvalue weighted by molar-refractivity contribution is 7.92. The summed E-state index contributed by atoms with van der Waals surface area (Å²) < 4.78 is 40.1. The van der Waals surface area contributed by atoms with Crippen molar-refractivity contribution in [1.82, 2.24) is 0 Å². The number of hydrogen-bond acceptors (Lipinski definition) is 3. The lowest BCUT2D eigenvalue weighted by molar-refractivity contribution is 0.600. The Hall–Kier alpha value is -1.79. The fourth-order valence-electron chi connectivity index (χ4n) is 1.69. The van der Waals surface area contributed by atoms with Gasteiger partial charge in [-0.15, -0.1) is 0 Å². The Labute approximate surface area is 121 Å². The lowest BCUT2D eigenvalue weighted by atomic mass is 10.2. The zero-order valence-corrected chi connectivity index (χ0v) is 12.1. The second-order valence-electron chi connectivity index (χ2n) is 4.20. The molecule has 0 saturated heterocycles. The van der Waals surface area contributed by atoms with Crippen LogP contribution in [0.15, 0.2) is 41.3 Å². The van der Waals surface area contributed by atoms with E-state index in [1.165, 1.54) is 18.2 Å². The van der Waals surface area contributed by atoms with Gasteiger partial charge in [-0.25, -0.2) is 12.8 Å². The van der Waals surface area contributed by atoms with Crippen molar-refractivity contribution < 1.29 is 12.8 Å². The van der Waals surface area contributed by atoms with E-state index in [0.717, 1.165) is 6.07 Å². The standard InChI is InChI=1S/C13H12ClFN2O2S/c1-8-12(16)3-2-4-13(8)20(18,19)17-9-5-6-10(14)11(15)7-9/h2-7,17H,16H2,1H3. The van der Waals surface area contributed by atoms with Gasteiger partial charge in [0, 0.05) is 5.69 Å². The molecule has 0 fully saturated rings. The first-order valence-corrected chi connectivity index (χ1v) is 7.50. The normalized spacial score (nSPS) is 11.3. The smallest absolute Gasteiger partial charge is 0.262 e. The minimum atomic E-state index is -3.84. The second-order valence-corrected chi connectivity index (χ2v) is 6.26. The number of nitrogens with two attached hydrogens (primary N) is 1. The van der Waals surface area contributed by atoms with E-state index in [2.05, 4.69) is 4.72 Å². The minimum absolute atomic E-state index is 0.0489. The summed E-state index contributed by atoms with van der Waals surface area (Å²) in [5.74, 6) is -0.698. The van der Waals surface area contributed by atoms with E-state index in [9.17, 15) is 12.8 Å². The van der Waals surface area contributed by atoms with E-state index in [4.69, 9.17) is 17.3 Å². The molecule has 0 unspecified atom stereocenters. The maximum absolute atomic E-state index is 13.3. The Kier molecular flexibility index (Phi) is 3.87. The summed E-state index contributed by atoms with van der Waals surface area (Å²) in [6, 6.07) is 8.25. The molecule has 0 aliphatic rings. The van der Waals surface area contributed by atoms with Gasteiger partial charge in [-0.2, -0.15) is 0 Å². The highest BCUT2D eigenvalue weighted by Crippen LogP contribution is 2.25. The molecule has 0 heterocycles. The molecular weight excluding hydrogens is 303 g/mol. The number of hydrogen-bond donors (Lipinski definition) is 2. The van der Waals surface area contributed by atoms with Crippen molar-refractivity contribution in [3.05, 3.63) is 52.8 Å². The molecule has 106 valence electrons. The molecule has 0 bridgehead atoms. The molecule has 0 aliphatic carbocycles. The van der Waals surface area contributed by atoms with Crippen molar-refractivity contribution in [1.29, 1.82) is 0 Å². The second kappa shape index (κ2) is 5.30. The van der Waals surface area contributed by atoms with Crippen molar-refractivity contribution in [2.45, 2.75) is 11.8 Å². The lowest BCUT2D eigenvalue weighted by Crippen LogP contribution is -2.15. The zero-order valence-electron chi connectivity index (χ0n) is 10.5. The summed E-state index contributed by atoms with van der Waals surface area (Å²) in [4.78, 5) is 0.0489. The van der Waals surface area contributed by atoms with Crippen molar-refractivity contribution >= 4 is 33.0 Å². The molecule has 2 aromatic rings. The number of rotatable bonds is 3. The maximum atomic E-state index is 13.3. The van der Waals surface area contributed by atoms with Gasteiger partial charge in [0.25, 0.3) is 10.0 Å². The summed E-state index contributed by atoms with van der Waals surface area (Å²) in [7, 11) is -3.84. The van der Waals surface area contributed by atoms with Crippen LogP contribution in [0.5, 0.6) is 0 Å². The molecule has 4 nitrogen and oxygen atoms in total. The number of benzene rings is 2. The van der Waals surface area contributed by atoms with Crippen LogP contribution in [0.4, 0.5) is 15.8 Å². The number of sulfonamides is 1. The van der Waals surface area contributed by atoms with E-state index < -0.39 is 15.8 Å². The number of nitrogens with one attached hydrogen (secondary N) is 1. The highest BCUT2D eigenvalue weighted by Gasteiger charge is 2.18. The Balaban J connectivity index is 2.41. The lowest BCUT2D eigenvalue weighted by Gasteiger charge is -2.12. The van der Waals surface area contributed by atoms with E-state index in [1.807, 2.05) is 0 Å². The van der Waals surface area contributed by atoms with Crippen molar-refractivity contribution in [3.63, 3.8) is 0 Å². The van der Waals surface area contributed by atoms with Crippen LogP contribution in [0.3, 0.4) is 0 Å². The zero-order chi connectivity index (χ0) is 14.9. The fourth-order valence-corrected chi connectivity index (χ4v) is 3.14. The number of anilines is 2. The van der Waals surface area contributed by atoms with E-state index >= 15 is 0 Å². The minimum Gasteiger partial charge on any atom is -0.398 e. The third-order valence-electron chi connectivity index (χ3n) is 2.79. The van der Waals surface area contributed by atoms with Gasteiger partial charge in [0.15, 0.2) is 0 Å². The Morgan fingerprint density at radius 2 is 1.95 bits per heavy atom. The van der Waals surface area contributed by atoms with Crippen LogP contribution < -0.4 is 10.5 Å². The molecule has 2 aromatic carbocycles. The summed E-state index contributed by atoms with van der Waals surface area (Å²) in [5.41, 5.74) is 6.59. The first-order valence-electron chi connectivity index (χ1n) is 5.64. The van der Waals surface area contributed by atoms with E-state index in [-0.39, 0.29) is 15.6 Å². The van der Waals surface area contributed by atoms with Crippen LogP contribution in [-0.4, -0.2) is 8.42 Å². The number of halogens is 2. The van der Waals surface area contributed by atoms with Gasteiger partial charge in [-0.05, 0) is 42.8 Å². The highest BCUT2D eigenvalue weighted by atomic mass is 35.5. The molecule has 0 spiro atoms. The Morgan fingerprint density at radius 3 is 2.60 bits per heavy atom. The molecular formula is C13H12ClFN2O2S. The van der Waals surface area contributed by atoms with Gasteiger partial charge in [0.1, 0.15) is 5.82 Å². The molecule has 0 amide bonds. The van der Waals surface area contributed by atoms with Crippen molar-refractivity contribution in [2.75, 3.05) is 10.5 Å². The summed E-state index contributed by atoms with van der Waals surface area (Å²) in [6.07, 6.45) is 0. The Morgan fingerprint density at radius 1 is 1.25 bits per heavy atom. The molecule has 20 heavy (non-hydrogen) atoms. The fraction of sp³-hybridized carbons (Fsp3) is 0.0769. The third kappa shape index (κ3) is 2.86. The quantitative estimate of drug-likeness (QED) is 0.855. The van der Waals surface area contributed by atoms with Crippen LogP contribution in [0.25, 0.3) is 0 Å². The largest absolute Gasteiger partial charge is 0.398 e. The molecule has 7 heteroatoms. The van der Waals surface area contributed by atoms with Gasteiger partial charge in [-0.1, -0.05) is 17.7 Å². The summed E-state index contributed by atoms with van der Waals surface area (Å²) >= 11 is 5.55. The number of nitrogen functional groups attached to an aromatic ring is 1. The van der Waals surface area contributed by atoms with Gasteiger partial charge in [0.05, 0.1) is 15.6 Å². The topological polar surface area (TPSA) is 72.2 Å². The molecule has 0 aromatic heterocycles. The van der Waals surface area contributed by atoms with Crippen molar-refractivity contribution in [2.24, 2.45) is 0 Å². The average Bonchev–Trinajstić information content (AvgIpc) is 2.36. The van der Waals surface area contributed by atoms with Gasteiger partial charge < -0.3 is 5.73 Å². The molecule has 3 N–H and O–H groups in total. The maximum Gasteiger partial charge on any atom is 0.262 e. The van der Waals surface area contributed by atoms with E-state index in [1.54, 1.807) is 19.1 Å². The SMILES string of the molecule is Cc1c(N)cccc1S(=O)(=O)Nc1ccc(Cl)c(F)c1. The monoisotopic (exact) mass is 314 g/mol. The molecule has 0 radical (unpaired) electrons. The van der Waals surface area contributed by atoms with Crippen LogP contribution >= 0.6 is 11.6 Å². The predicted octanol–water partition coefficient (Wildman–Crippen LogP) is 3.17. The third-order valence-corrected chi connectivity index (χ3v) is 4.62. The predicted molar refractivity (Wildman–Crippen MR) is 77.8 cm³/mol. The average molecular weight is 315 g/mol. The summed E-state index contributed by atoms with van der Waals surface area (Å²) in [5, 5.41) is -0.0758. The van der Waals surface area contributed by atoms with Gasteiger partial charge in [-0.3, -0.25) is 4.72 Å². The summed E-state index contributed by atoms with van der Waals surface area (Å²) in [6.45, 7) is 1.60. The molecule has 2 rings (SSSR count). The first kappa shape index (κ1) is 14.6. The molecule has 0 aliphatic heterocycles. The van der Waals surface area contributed by atoms with Crippen LogP contribution in [0.1, 0.15) is 5.56 Å². The first-order chi connectivity index (χ1) is 9.31. The molecule has 0 atom stereocenters. The Bertz CT molecular complexity index is 763. The van der Waals surface area contributed by atoms with Gasteiger partial charge >= 0.3 is 0 Å². The molecule has 0 saturated carbocycles.